The van der Waals surface area contributed by atoms with Crippen molar-refractivity contribution < 1.29 is 9.53 Å². The van der Waals surface area contributed by atoms with Crippen LogP contribution in [-0.4, -0.2) is 13.1 Å². The van der Waals surface area contributed by atoms with E-state index >= 15 is 0 Å². The van der Waals surface area contributed by atoms with Gasteiger partial charge in [-0.3, -0.25) is 0 Å². The molecule has 2 nitrogen and oxygen atoms in total. The number of benzene rings is 1. The second-order valence-electron chi connectivity index (χ2n) is 10.7. The molecule has 0 aliphatic heterocycles. The smallest absolute Gasteiger partial charge is 0.337 e. The van der Waals surface area contributed by atoms with Crippen LogP contribution in [0.3, 0.4) is 0 Å². The minimum absolute atomic E-state index is 0.244. The van der Waals surface area contributed by atoms with E-state index in [1.807, 2.05) is 35.6 Å². The fourth-order valence-electron chi connectivity index (χ4n) is 4.98. The molecule has 0 amide bonds. The first-order chi connectivity index (χ1) is 15.5. The van der Waals surface area contributed by atoms with Crippen molar-refractivity contribution in [1.29, 1.82) is 0 Å². The van der Waals surface area contributed by atoms with Gasteiger partial charge in [0, 0.05) is 9.75 Å². The van der Waals surface area contributed by atoms with E-state index in [1.165, 1.54) is 47.1 Å². The monoisotopic (exact) mass is 464 g/mol. The zero-order chi connectivity index (χ0) is 24.4. The molecule has 0 saturated heterocycles. The minimum Gasteiger partial charge on any atom is -0.465 e. The Morgan fingerprint density at radius 1 is 1.03 bits per heavy atom. The van der Waals surface area contributed by atoms with Crippen molar-refractivity contribution in [3.63, 3.8) is 0 Å². The first-order valence-electron chi connectivity index (χ1n) is 12.2. The number of esters is 1. The summed E-state index contributed by atoms with van der Waals surface area (Å²) >= 11 is 2.00. The molecule has 3 rings (SSSR count). The molecule has 0 fully saturated rings. The Kier molecular flexibility index (Phi) is 7.73. The van der Waals surface area contributed by atoms with Crippen molar-refractivity contribution in [3.8, 4) is 0 Å². The van der Waals surface area contributed by atoms with Crippen molar-refractivity contribution >= 4 is 28.5 Å². The van der Waals surface area contributed by atoms with E-state index in [9.17, 15) is 4.79 Å². The summed E-state index contributed by atoms with van der Waals surface area (Å²) in [7, 11) is 1.42. The summed E-state index contributed by atoms with van der Waals surface area (Å²) < 4.78 is 4.84. The number of hydrogen-bond donors (Lipinski definition) is 0. The van der Waals surface area contributed by atoms with Gasteiger partial charge in [-0.25, -0.2) is 4.79 Å². The number of hydrogen-bond acceptors (Lipinski definition) is 3. The molecule has 0 bridgehead atoms. The van der Waals surface area contributed by atoms with Crippen LogP contribution in [0.4, 0.5) is 0 Å². The lowest BCUT2D eigenvalue weighted by molar-refractivity contribution is 0.0600. The van der Waals surface area contributed by atoms with Crippen LogP contribution in [0, 0.1) is 6.92 Å². The van der Waals surface area contributed by atoms with Gasteiger partial charge in [0.25, 0.3) is 0 Å². The van der Waals surface area contributed by atoms with Crippen LogP contribution in [0.15, 0.2) is 36.4 Å². The van der Waals surface area contributed by atoms with E-state index in [4.69, 9.17) is 4.74 Å². The summed E-state index contributed by atoms with van der Waals surface area (Å²) in [6.45, 7) is 16.4. The number of rotatable bonds is 7. The highest BCUT2D eigenvalue weighted by molar-refractivity contribution is 7.13. The SMILES string of the molecule is CCCC/C(=C\C=C(/C)c1sc2c(c1C)C(C)(C)CCC2(C)C)c1ccc(C(=O)OC)cc1. The molecule has 1 aromatic heterocycles. The maximum atomic E-state index is 11.8. The molecule has 1 heterocycles. The van der Waals surface area contributed by atoms with Gasteiger partial charge in [-0.1, -0.05) is 65.3 Å². The third-order valence-electron chi connectivity index (χ3n) is 7.18. The highest BCUT2D eigenvalue weighted by Gasteiger charge is 2.40. The fraction of sp³-hybridized carbons (Fsp3) is 0.500. The van der Waals surface area contributed by atoms with Crippen molar-refractivity contribution in [2.75, 3.05) is 7.11 Å². The highest BCUT2D eigenvalue weighted by atomic mass is 32.1. The van der Waals surface area contributed by atoms with Gasteiger partial charge in [0.15, 0.2) is 0 Å². The Hall–Kier alpha value is -2.13. The van der Waals surface area contributed by atoms with Gasteiger partial charge in [-0.2, -0.15) is 0 Å². The summed E-state index contributed by atoms with van der Waals surface area (Å²) in [5.74, 6) is -0.292. The molecule has 0 radical (unpaired) electrons. The van der Waals surface area contributed by atoms with Crippen LogP contribution in [0.2, 0.25) is 0 Å². The molecule has 1 aromatic carbocycles. The van der Waals surface area contributed by atoms with Gasteiger partial charge in [-0.05, 0) is 90.3 Å². The van der Waals surface area contributed by atoms with E-state index < -0.39 is 0 Å². The van der Waals surface area contributed by atoms with Gasteiger partial charge >= 0.3 is 5.97 Å². The van der Waals surface area contributed by atoms with Crippen LogP contribution in [-0.2, 0) is 15.6 Å². The van der Waals surface area contributed by atoms with Gasteiger partial charge < -0.3 is 4.74 Å². The molecule has 0 unspecified atom stereocenters. The highest BCUT2D eigenvalue weighted by Crippen LogP contribution is 2.52. The number of allylic oxidation sites excluding steroid dienone is 4. The number of carbonyl (C=O) groups excluding carboxylic acids is 1. The number of thiophene rings is 1. The number of fused-ring (bicyclic) bond motifs is 1. The zero-order valence-corrected chi connectivity index (χ0v) is 22.5. The Morgan fingerprint density at radius 2 is 1.64 bits per heavy atom. The third kappa shape index (κ3) is 5.35. The summed E-state index contributed by atoms with van der Waals surface area (Å²) in [6.07, 6.45) is 10.4. The van der Waals surface area contributed by atoms with Crippen LogP contribution in [0.25, 0.3) is 11.1 Å². The molecule has 33 heavy (non-hydrogen) atoms. The van der Waals surface area contributed by atoms with Crippen LogP contribution < -0.4 is 0 Å². The molecule has 0 spiro atoms. The van der Waals surface area contributed by atoms with Gasteiger partial charge in [0.2, 0.25) is 0 Å². The molecule has 0 saturated carbocycles. The predicted octanol–water partition coefficient (Wildman–Crippen LogP) is 8.87. The number of unbranched alkanes of at least 4 members (excludes halogenated alkanes) is 1. The summed E-state index contributed by atoms with van der Waals surface area (Å²) in [6, 6.07) is 7.80. The normalized spacial score (nSPS) is 17.6. The van der Waals surface area contributed by atoms with Crippen molar-refractivity contribution in [1.82, 2.24) is 0 Å². The standard InChI is InChI=1S/C30H40O2S/c1-9-10-11-22(23-14-16-24(17-15-23)28(31)32-8)13-12-20(2)26-21(3)25-27(33-26)30(6,7)19-18-29(25,4)5/h12-17H,9-11,18-19H2,1-8H3/b20-12+,22-13+. The zero-order valence-electron chi connectivity index (χ0n) is 21.7. The second-order valence-corrected chi connectivity index (χ2v) is 11.8. The van der Waals surface area contributed by atoms with Crippen LogP contribution >= 0.6 is 11.3 Å². The molecule has 0 atom stereocenters. The first-order valence-corrected chi connectivity index (χ1v) is 13.0. The van der Waals surface area contributed by atoms with Crippen molar-refractivity contribution in [2.24, 2.45) is 0 Å². The molecule has 1 aliphatic rings. The van der Waals surface area contributed by atoms with Gasteiger partial charge in [0.1, 0.15) is 0 Å². The van der Waals surface area contributed by atoms with Crippen LogP contribution in [0.1, 0.15) is 110 Å². The van der Waals surface area contributed by atoms with Crippen molar-refractivity contribution in [2.45, 2.75) is 91.4 Å². The van der Waals surface area contributed by atoms with E-state index in [2.05, 4.69) is 60.6 Å². The Bertz CT molecular complexity index is 1060. The van der Waals surface area contributed by atoms with E-state index in [0.29, 0.717) is 5.56 Å². The molecule has 0 N–H and O–H groups in total. The molecular formula is C30H40O2S. The molecular weight excluding hydrogens is 424 g/mol. The summed E-state index contributed by atoms with van der Waals surface area (Å²) in [5.41, 5.74) is 7.95. The maximum Gasteiger partial charge on any atom is 0.337 e. The number of ether oxygens (including phenoxy) is 1. The maximum absolute atomic E-state index is 11.8. The lowest BCUT2D eigenvalue weighted by atomic mass is 9.66. The number of methoxy groups -OCH3 is 1. The van der Waals surface area contributed by atoms with Gasteiger partial charge in [0.05, 0.1) is 12.7 Å². The number of carbonyl (C=O) groups is 1. The summed E-state index contributed by atoms with van der Waals surface area (Å²) in [5, 5.41) is 0. The van der Waals surface area contributed by atoms with E-state index in [-0.39, 0.29) is 16.8 Å². The topological polar surface area (TPSA) is 26.3 Å². The molecule has 178 valence electrons. The van der Waals surface area contributed by atoms with E-state index in [0.717, 1.165) is 19.3 Å². The second kappa shape index (κ2) is 10.0. The van der Waals surface area contributed by atoms with E-state index in [1.54, 1.807) is 10.4 Å². The molecule has 1 aliphatic carbocycles. The average Bonchev–Trinajstić information content (AvgIpc) is 3.16. The lowest BCUT2D eigenvalue weighted by Crippen LogP contribution is -2.32. The summed E-state index contributed by atoms with van der Waals surface area (Å²) in [4.78, 5) is 14.8. The Balaban J connectivity index is 1.99. The lowest BCUT2D eigenvalue weighted by Gasteiger charge is -2.39. The molecule has 3 heteroatoms. The Labute approximate surface area is 204 Å². The third-order valence-corrected chi connectivity index (χ3v) is 8.98. The van der Waals surface area contributed by atoms with Crippen molar-refractivity contribution in [3.05, 3.63) is 68.4 Å². The minimum atomic E-state index is -0.292. The predicted molar refractivity (Wildman–Crippen MR) is 143 cm³/mol. The quantitative estimate of drug-likeness (QED) is 0.302. The van der Waals surface area contributed by atoms with Gasteiger partial charge in [-0.15, -0.1) is 11.3 Å². The Morgan fingerprint density at radius 3 is 2.21 bits per heavy atom. The molecule has 2 aromatic rings. The van der Waals surface area contributed by atoms with Crippen LogP contribution in [0.5, 0.6) is 0 Å². The average molecular weight is 465 g/mol. The largest absolute Gasteiger partial charge is 0.465 e. The first kappa shape index (κ1) is 25.5. The fourth-order valence-corrected chi connectivity index (χ4v) is 6.57.